The SMILES string of the molecule is Cc1cc(C(=O)CSc2nnc(-c3ccc4c(c3)OCO4)o2)c(C)n1C1CCS(=O)(=O)C1. The molecule has 1 fully saturated rings. The van der Waals surface area contributed by atoms with E-state index in [4.69, 9.17) is 13.9 Å². The number of rotatable bonds is 6. The van der Waals surface area contributed by atoms with E-state index in [0.717, 1.165) is 11.4 Å². The van der Waals surface area contributed by atoms with Gasteiger partial charge in [-0.25, -0.2) is 8.42 Å². The van der Waals surface area contributed by atoms with Crippen LogP contribution in [-0.4, -0.2) is 53.0 Å². The number of aromatic nitrogens is 3. The minimum atomic E-state index is -3.01. The Hall–Kier alpha value is -2.79. The van der Waals surface area contributed by atoms with Crippen LogP contribution in [0.1, 0.15) is 34.2 Å². The number of nitrogens with zero attached hydrogens (tertiary/aromatic N) is 3. The zero-order valence-electron chi connectivity index (χ0n) is 17.5. The van der Waals surface area contributed by atoms with Crippen LogP contribution in [0.5, 0.6) is 11.5 Å². The van der Waals surface area contributed by atoms with Gasteiger partial charge in [0.2, 0.25) is 12.7 Å². The molecule has 1 aromatic carbocycles. The summed E-state index contributed by atoms with van der Waals surface area (Å²) in [4.78, 5) is 12.9. The smallest absolute Gasteiger partial charge is 0.277 e. The molecule has 5 rings (SSSR count). The zero-order valence-corrected chi connectivity index (χ0v) is 19.2. The molecule has 4 heterocycles. The Morgan fingerprint density at radius 2 is 2.00 bits per heavy atom. The van der Waals surface area contributed by atoms with Crippen LogP contribution in [0.3, 0.4) is 0 Å². The van der Waals surface area contributed by atoms with Crippen LogP contribution in [0.25, 0.3) is 11.5 Å². The summed E-state index contributed by atoms with van der Waals surface area (Å²) in [7, 11) is -3.01. The Balaban J connectivity index is 1.27. The van der Waals surface area contributed by atoms with Gasteiger partial charge < -0.3 is 18.5 Å². The van der Waals surface area contributed by atoms with Crippen molar-refractivity contribution in [3.8, 4) is 23.0 Å². The van der Waals surface area contributed by atoms with Gasteiger partial charge in [0.15, 0.2) is 27.1 Å². The molecule has 2 aromatic heterocycles. The van der Waals surface area contributed by atoms with Gasteiger partial charge in [-0.1, -0.05) is 11.8 Å². The van der Waals surface area contributed by atoms with E-state index < -0.39 is 9.84 Å². The van der Waals surface area contributed by atoms with E-state index in [1.807, 2.05) is 24.5 Å². The summed E-state index contributed by atoms with van der Waals surface area (Å²) >= 11 is 1.17. The number of Topliss-reactive ketones (excluding diaryl/α,β-unsaturated/α-hetero) is 1. The molecule has 0 bridgehead atoms. The summed E-state index contributed by atoms with van der Waals surface area (Å²) in [6.07, 6.45) is 0.575. The highest BCUT2D eigenvalue weighted by molar-refractivity contribution is 7.99. The van der Waals surface area contributed by atoms with Gasteiger partial charge in [-0.2, -0.15) is 0 Å². The predicted octanol–water partition coefficient (Wildman–Crippen LogP) is 3.22. The van der Waals surface area contributed by atoms with E-state index in [-0.39, 0.29) is 35.9 Å². The van der Waals surface area contributed by atoms with Crippen LogP contribution >= 0.6 is 11.8 Å². The van der Waals surface area contributed by atoms with Crippen molar-refractivity contribution < 1.29 is 27.1 Å². The molecular weight excluding hydrogens is 454 g/mol. The first-order valence-corrected chi connectivity index (χ1v) is 12.9. The monoisotopic (exact) mass is 475 g/mol. The molecule has 2 aliphatic rings. The van der Waals surface area contributed by atoms with Crippen molar-refractivity contribution in [1.29, 1.82) is 0 Å². The van der Waals surface area contributed by atoms with Crippen molar-refractivity contribution in [1.82, 2.24) is 14.8 Å². The number of aryl methyl sites for hydroxylation is 1. The van der Waals surface area contributed by atoms with E-state index in [2.05, 4.69) is 10.2 Å². The first-order valence-electron chi connectivity index (χ1n) is 10.1. The van der Waals surface area contributed by atoms with Crippen LogP contribution in [0.2, 0.25) is 0 Å². The lowest BCUT2D eigenvalue weighted by Crippen LogP contribution is -2.14. The van der Waals surface area contributed by atoms with Gasteiger partial charge in [-0.3, -0.25) is 4.79 Å². The highest BCUT2D eigenvalue weighted by Crippen LogP contribution is 2.36. The number of hydrogen-bond acceptors (Lipinski definition) is 9. The van der Waals surface area contributed by atoms with Crippen LogP contribution in [0, 0.1) is 13.8 Å². The highest BCUT2D eigenvalue weighted by atomic mass is 32.2. The maximum atomic E-state index is 12.9. The third-order valence-corrected chi connectivity index (χ3v) is 8.28. The fraction of sp³-hybridized carbons (Fsp3) is 0.381. The standard InChI is InChI=1S/C21H21N3O6S2/c1-12-7-16(13(2)24(12)15-5-6-32(26,27)10-15)17(25)9-31-21-23-22-20(30-21)14-3-4-18-19(8-14)29-11-28-18/h3-4,7-8,15H,5-6,9-11H2,1-2H3. The van der Waals surface area contributed by atoms with Crippen LogP contribution in [0.4, 0.5) is 0 Å². The number of carbonyl (C=O) groups excluding carboxylic acids is 1. The van der Waals surface area contributed by atoms with Gasteiger partial charge in [-0.15, -0.1) is 10.2 Å². The summed E-state index contributed by atoms with van der Waals surface area (Å²) in [5.74, 6) is 2.00. The summed E-state index contributed by atoms with van der Waals surface area (Å²) in [6.45, 7) is 3.95. The van der Waals surface area contributed by atoms with E-state index >= 15 is 0 Å². The number of thioether (sulfide) groups is 1. The Morgan fingerprint density at radius 3 is 2.78 bits per heavy atom. The molecular formula is C21H21N3O6S2. The van der Waals surface area contributed by atoms with Crippen molar-refractivity contribution in [2.24, 2.45) is 0 Å². The second-order valence-electron chi connectivity index (χ2n) is 7.86. The second-order valence-corrected chi connectivity index (χ2v) is 11.0. The van der Waals surface area contributed by atoms with Crippen molar-refractivity contribution in [3.63, 3.8) is 0 Å². The minimum absolute atomic E-state index is 0.0713. The normalized spacial score (nSPS) is 18.9. The lowest BCUT2D eigenvalue weighted by Gasteiger charge is -2.16. The molecule has 3 aromatic rings. The van der Waals surface area contributed by atoms with Crippen LogP contribution in [0.15, 0.2) is 33.9 Å². The van der Waals surface area contributed by atoms with Gasteiger partial charge in [-0.05, 0) is 44.5 Å². The van der Waals surface area contributed by atoms with E-state index in [0.29, 0.717) is 40.2 Å². The highest BCUT2D eigenvalue weighted by Gasteiger charge is 2.31. The van der Waals surface area contributed by atoms with Gasteiger partial charge >= 0.3 is 0 Å². The Bertz CT molecular complexity index is 1310. The van der Waals surface area contributed by atoms with Crippen molar-refractivity contribution in [2.75, 3.05) is 24.1 Å². The molecule has 1 saturated heterocycles. The molecule has 9 nitrogen and oxygen atoms in total. The number of hydrogen-bond donors (Lipinski definition) is 0. The topological polar surface area (TPSA) is 114 Å². The summed E-state index contributed by atoms with van der Waals surface area (Å²) in [6, 6.07) is 7.07. The fourth-order valence-electron chi connectivity index (χ4n) is 4.22. The number of fused-ring (bicyclic) bond motifs is 1. The molecule has 0 saturated carbocycles. The lowest BCUT2D eigenvalue weighted by molar-refractivity contribution is 0.102. The molecule has 0 aliphatic carbocycles. The molecule has 1 atom stereocenters. The molecule has 0 radical (unpaired) electrons. The van der Waals surface area contributed by atoms with Crippen molar-refractivity contribution in [3.05, 3.63) is 41.2 Å². The fourth-order valence-corrected chi connectivity index (χ4v) is 6.57. The molecule has 168 valence electrons. The molecule has 0 amide bonds. The second kappa shape index (κ2) is 7.96. The molecule has 1 unspecified atom stereocenters. The predicted molar refractivity (Wildman–Crippen MR) is 117 cm³/mol. The van der Waals surface area contributed by atoms with Gasteiger partial charge in [0.05, 0.1) is 17.3 Å². The van der Waals surface area contributed by atoms with E-state index in [1.54, 1.807) is 18.2 Å². The van der Waals surface area contributed by atoms with E-state index in [1.165, 1.54) is 11.8 Å². The quantitative estimate of drug-likeness (QED) is 0.391. The molecule has 32 heavy (non-hydrogen) atoms. The van der Waals surface area contributed by atoms with Crippen molar-refractivity contribution >= 4 is 27.4 Å². The minimum Gasteiger partial charge on any atom is -0.454 e. The van der Waals surface area contributed by atoms with Crippen LogP contribution in [-0.2, 0) is 9.84 Å². The molecule has 11 heteroatoms. The number of ketones is 1. The Morgan fingerprint density at radius 1 is 1.19 bits per heavy atom. The molecule has 0 spiro atoms. The first-order chi connectivity index (χ1) is 15.3. The number of carbonyl (C=O) groups is 1. The zero-order chi connectivity index (χ0) is 22.5. The first kappa shape index (κ1) is 21.1. The Labute approximate surface area is 189 Å². The maximum absolute atomic E-state index is 12.9. The number of sulfone groups is 1. The number of ether oxygens (including phenoxy) is 2. The molecule has 2 aliphatic heterocycles. The third-order valence-electron chi connectivity index (χ3n) is 5.71. The average Bonchev–Trinajstić information content (AvgIpc) is 3.52. The van der Waals surface area contributed by atoms with Crippen LogP contribution < -0.4 is 9.47 Å². The maximum Gasteiger partial charge on any atom is 0.277 e. The summed E-state index contributed by atoms with van der Waals surface area (Å²) < 4.78 is 42.1. The van der Waals surface area contributed by atoms with Crippen molar-refractivity contribution in [2.45, 2.75) is 31.5 Å². The number of benzene rings is 1. The lowest BCUT2D eigenvalue weighted by atomic mass is 10.2. The molecule has 0 N–H and O–H groups in total. The van der Waals surface area contributed by atoms with E-state index in [9.17, 15) is 13.2 Å². The van der Waals surface area contributed by atoms with Gasteiger partial charge in [0.1, 0.15) is 0 Å². The summed E-state index contributed by atoms with van der Waals surface area (Å²) in [5, 5.41) is 8.38. The van der Waals surface area contributed by atoms with Gasteiger partial charge in [0, 0.05) is 28.6 Å². The Kier molecular flexibility index (Phi) is 5.25. The van der Waals surface area contributed by atoms with Gasteiger partial charge in [0.25, 0.3) is 5.22 Å². The third kappa shape index (κ3) is 3.90. The largest absolute Gasteiger partial charge is 0.454 e. The summed E-state index contributed by atoms with van der Waals surface area (Å²) in [5.41, 5.74) is 2.98. The average molecular weight is 476 g/mol.